The summed E-state index contributed by atoms with van der Waals surface area (Å²) >= 11 is 4.19. The van der Waals surface area contributed by atoms with Gasteiger partial charge in [-0.25, -0.2) is 4.39 Å². The number of piperazine rings is 1. The molecular formula is C11H15FN2S. The predicted molar refractivity (Wildman–Crippen MR) is 61.8 cm³/mol. The van der Waals surface area contributed by atoms with E-state index in [2.05, 4.69) is 22.8 Å². The molecule has 0 saturated carbocycles. The SMILES string of the molecule is Fc1cccc(CN2CCNCC2)c1S. The van der Waals surface area contributed by atoms with Crippen LogP contribution in [0.3, 0.4) is 0 Å². The van der Waals surface area contributed by atoms with E-state index in [4.69, 9.17) is 0 Å². The van der Waals surface area contributed by atoms with Crippen LogP contribution in [0.15, 0.2) is 23.1 Å². The highest BCUT2D eigenvalue weighted by Gasteiger charge is 2.12. The largest absolute Gasteiger partial charge is 0.314 e. The average molecular weight is 226 g/mol. The molecule has 1 saturated heterocycles. The summed E-state index contributed by atoms with van der Waals surface area (Å²) in [6.45, 7) is 4.85. The highest BCUT2D eigenvalue weighted by Crippen LogP contribution is 2.19. The summed E-state index contributed by atoms with van der Waals surface area (Å²) in [6, 6.07) is 5.13. The van der Waals surface area contributed by atoms with E-state index >= 15 is 0 Å². The van der Waals surface area contributed by atoms with E-state index in [0.717, 1.165) is 38.3 Å². The van der Waals surface area contributed by atoms with Crippen molar-refractivity contribution in [1.82, 2.24) is 10.2 Å². The number of halogens is 1. The second-order valence-corrected chi connectivity index (χ2v) is 4.22. The van der Waals surface area contributed by atoms with E-state index in [0.29, 0.717) is 4.90 Å². The first-order valence-electron chi connectivity index (χ1n) is 5.17. The molecule has 1 heterocycles. The fourth-order valence-corrected chi connectivity index (χ4v) is 2.02. The molecule has 1 N–H and O–H groups in total. The molecule has 2 rings (SSSR count). The van der Waals surface area contributed by atoms with Gasteiger partial charge in [0, 0.05) is 37.6 Å². The maximum absolute atomic E-state index is 13.2. The quantitative estimate of drug-likeness (QED) is 0.743. The van der Waals surface area contributed by atoms with Gasteiger partial charge in [-0.05, 0) is 11.6 Å². The Hall–Kier alpha value is -0.580. The first-order chi connectivity index (χ1) is 7.27. The topological polar surface area (TPSA) is 15.3 Å². The lowest BCUT2D eigenvalue weighted by Gasteiger charge is -2.27. The molecule has 1 aromatic rings. The van der Waals surface area contributed by atoms with Crippen LogP contribution in [0.1, 0.15) is 5.56 Å². The molecule has 1 aromatic carbocycles. The van der Waals surface area contributed by atoms with E-state index in [9.17, 15) is 4.39 Å². The lowest BCUT2D eigenvalue weighted by Crippen LogP contribution is -2.42. The normalized spacial score (nSPS) is 18.0. The molecule has 0 aromatic heterocycles. The van der Waals surface area contributed by atoms with Crippen molar-refractivity contribution in [2.24, 2.45) is 0 Å². The lowest BCUT2D eigenvalue weighted by molar-refractivity contribution is 0.231. The van der Waals surface area contributed by atoms with Crippen LogP contribution in [-0.2, 0) is 6.54 Å². The maximum atomic E-state index is 13.2. The Labute approximate surface area is 94.9 Å². The zero-order valence-electron chi connectivity index (χ0n) is 8.54. The zero-order valence-corrected chi connectivity index (χ0v) is 9.43. The number of benzene rings is 1. The molecule has 15 heavy (non-hydrogen) atoms. The number of hydrogen-bond acceptors (Lipinski definition) is 3. The van der Waals surface area contributed by atoms with Gasteiger partial charge in [-0.2, -0.15) is 0 Å². The van der Waals surface area contributed by atoms with Crippen LogP contribution in [0.2, 0.25) is 0 Å². The highest BCUT2D eigenvalue weighted by atomic mass is 32.1. The lowest BCUT2D eigenvalue weighted by atomic mass is 10.2. The second kappa shape index (κ2) is 4.96. The van der Waals surface area contributed by atoms with E-state index < -0.39 is 0 Å². The molecule has 0 atom stereocenters. The van der Waals surface area contributed by atoms with Crippen LogP contribution in [0.25, 0.3) is 0 Å². The first-order valence-corrected chi connectivity index (χ1v) is 5.61. The van der Waals surface area contributed by atoms with Crippen molar-refractivity contribution in [3.8, 4) is 0 Å². The van der Waals surface area contributed by atoms with Gasteiger partial charge in [-0.15, -0.1) is 12.6 Å². The van der Waals surface area contributed by atoms with Gasteiger partial charge in [0.25, 0.3) is 0 Å². The summed E-state index contributed by atoms with van der Waals surface area (Å²) in [4.78, 5) is 2.79. The molecule has 0 spiro atoms. The van der Waals surface area contributed by atoms with Gasteiger partial charge in [0.05, 0.1) is 0 Å². The minimum atomic E-state index is -0.231. The van der Waals surface area contributed by atoms with Gasteiger partial charge in [0.15, 0.2) is 0 Å². The second-order valence-electron chi connectivity index (χ2n) is 3.77. The van der Waals surface area contributed by atoms with E-state index in [1.54, 1.807) is 6.07 Å². The average Bonchev–Trinajstić information content (AvgIpc) is 2.26. The van der Waals surface area contributed by atoms with Gasteiger partial charge in [-0.1, -0.05) is 12.1 Å². The van der Waals surface area contributed by atoms with Crippen LogP contribution < -0.4 is 5.32 Å². The molecule has 0 unspecified atom stereocenters. The Morgan fingerprint density at radius 2 is 2.07 bits per heavy atom. The molecule has 1 fully saturated rings. The van der Waals surface area contributed by atoms with Crippen LogP contribution >= 0.6 is 12.6 Å². The van der Waals surface area contributed by atoms with Crippen molar-refractivity contribution in [1.29, 1.82) is 0 Å². The third kappa shape index (κ3) is 2.71. The molecule has 2 nitrogen and oxygen atoms in total. The van der Waals surface area contributed by atoms with E-state index in [1.807, 2.05) is 6.07 Å². The van der Waals surface area contributed by atoms with Gasteiger partial charge < -0.3 is 5.32 Å². The standard InChI is InChI=1S/C11H15FN2S/c12-10-3-1-2-9(11(10)15)8-14-6-4-13-5-7-14/h1-3,13,15H,4-8H2. The Kier molecular flexibility index (Phi) is 3.61. The Bertz CT molecular complexity index is 337. The molecule has 0 aliphatic carbocycles. The van der Waals surface area contributed by atoms with Crippen LogP contribution in [0.4, 0.5) is 4.39 Å². The van der Waals surface area contributed by atoms with Crippen molar-refractivity contribution in [3.05, 3.63) is 29.6 Å². The van der Waals surface area contributed by atoms with Crippen molar-refractivity contribution in [2.75, 3.05) is 26.2 Å². The van der Waals surface area contributed by atoms with Crippen LogP contribution in [0, 0.1) is 5.82 Å². The number of thiol groups is 1. The minimum Gasteiger partial charge on any atom is -0.314 e. The molecule has 0 radical (unpaired) electrons. The monoisotopic (exact) mass is 226 g/mol. The van der Waals surface area contributed by atoms with Crippen molar-refractivity contribution in [3.63, 3.8) is 0 Å². The van der Waals surface area contributed by atoms with Gasteiger partial charge in [0.2, 0.25) is 0 Å². The molecule has 1 aliphatic heterocycles. The molecule has 4 heteroatoms. The third-order valence-corrected chi connectivity index (χ3v) is 3.17. The smallest absolute Gasteiger partial charge is 0.136 e. The minimum absolute atomic E-state index is 0.231. The number of hydrogen-bond donors (Lipinski definition) is 2. The fraction of sp³-hybridized carbons (Fsp3) is 0.455. The fourth-order valence-electron chi connectivity index (χ4n) is 1.80. The third-order valence-electron chi connectivity index (χ3n) is 2.67. The van der Waals surface area contributed by atoms with E-state index in [1.165, 1.54) is 6.07 Å². The number of rotatable bonds is 2. The first kappa shape index (κ1) is 10.9. The van der Waals surface area contributed by atoms with Gasteiger partial charge in [0.1, 0.15) is 5.82 Å². The summed E-state index contributed by atoms with van der Waals surface area (Å²) in [5.41, 5.74) is 0.972. The number of nitrogens with one attached hydrogen (secondary N) is 1. The number of nitrogens with zero attached hydrogens (tertiary/aromatic N) is 1. The van der Waals surface area contributed by atoms with Gasteiger partial charge in [-0.3, -0.25) is 4.90 Å². The molecule has 0 bridgehead atoms. The van der Waals surface area contributed by atoms with Crippen LogP contribution in [0.5, 0.6) is 0 Å². The predicted octanol–water partition coefficient (Wildman–Crippen LogP) is 1.52. The molecular weight excluding hydrogens is 211 g/mol. The zero-order chi connectivity index (χ0) is 10.7. The maximum Gasteiger partial charge on any atom is 0.136 e. The summed E-state index contributed by atoms with van der Waals surface area (Å²) in [5, 5.41) is 3.29. The summed E-state index contributed by atoms with van der Waals surface area (Å²) < 4.78 is 13.2. The summed E-state index contributed by atoms with van der Waals surface area (Å²) in [7, 11) is 0. The van der Waals surface area contributed by atoms with E-state index in [-0.39, 0.29) is 5.82 Å². The highest BCUT2D eigenvalue weighted by molar-refractivity contribution is 7.80. The Morgan fingerprint density at radius 3 is 2.80 bits per heavy atom. The van der Waals surface area contributed by atoms with Crippen molar-refractivity contribution < 1.29 is 4.39 Å². The summed E-state index contributed by atoms with van der Waals surface area (Å²) in [6.07, 6.45) is 0. The molecule has 0 amide bonds. The molecule has 1 aliphatic rings. The Balaban J connectivity index is 2.06. The van der Waals surface area contributed by atoms with Crippen molar-refractivity contribution in [2.45, 2.75) is 11.4 Å². The summed E-state index contributed by atoms with van der Waals surface area (Å²) in [5.74, 6) is -0.231. The Morgan fingerprint density at radius 1 is 1.33 bits per heavy atom. The molecule has 82 valence electrons. The van der Waals surface area contributed by atoms with Crippen molar-refractivity contribution >= 4 is 12.6 Å². The van der Waals surface area contributed by atoms with Gasteiger partial charge >= 0.3 is 0 Å². The van der Waals surface area contributed by atoms with Crippen LogP contribution in [-0.4, -0.2) is 31.1 Å².